The fourth-order valence-corrected chi connectivity index (χ4v) is 2.61. The van der Waals surface area contributed by atoms with Crippen molar-refractivity contribution >= 4 is 5.69 Å². The molecule has 1 aromatic heterocycles. The second-order valence-corrected chi connectivity index (χ2v) is 4.95. The predicted molar refractivity (Wildman–Crippen MR) is 77.3 cm³/mol. The van der Waals surface area contributed by atoms with Gasteiger partial charge in [0.05, 0.1) is 11.8 Å². The van der Waals surface area contributed by atoms with Crippen LogP contribution in [0.25, 0.3) is 11.3 Å². The van der Waals surface area contributed by atoms with Crippen LogP contribution >= 0.6 is 0 Å². The number of halogens is 1. The Morgan fingerprint density at radius 3 is 2.75 bits per heavy atom. The quantitative estimate of drug-likeness (QED) is 0.858. The van der Waals surface area contributed by atoms with Crippen LogP contribution in [-0.2, 0) is 4.74 Å². The molecule has 1 aromatic carbocycles. The van der Waals surface area contributed by atoms with E-state index >= 15 is 0 Å². The predicted octanol–water partition coefficient (Wildman–Crippen LogP) is 3.11. The van der Waals surface area contributed by atoms with E-state index in [9.17, 15) is 4.39 Å². The van der Waals surface area contributed by atoms with Crippen molar-refractivity contribution < 1.29 is 9.13 Å². The van der Waals surface area contributed by atoms with Gasteiger partial charge >= 0.3 is 0 Å². The molecule has 0 N–H and O–H groups in total. The van der Waals surface area contributed by atoms with Gasteiger partial charge < -0.3 is 9.64 Å². The van der Waals surface area contributed by atoms with Crippen molar-refractivity contribution in [1.82, 2.24) is 4.98 Å². The van der Waals surface area contributed by atoms with Crippen LogP contribution in [0.5, 0.6) is 0 Å². The highest BCUT2D eigenvalue weighted by atomic mass is 19.1. The van der Waals surface area contributed by atoms with Crippen LogP contribution in [0.2, 0.25) is 0 Å². The third kappa shape index (κ3) is 2.39. The summed E-state index contributed by atoms with van der Waals surface area (Å²) >= 11 is 0. The minimum Gasteiger partial charge on any atom is -0.380 e. The van der Waals surface area contributed by atoms with Gasteiger partial charge in [-0.2, -0.15) is 0 Å². The zero-order valence-electron chi connectivity index (χ0n) is 11.4. The first-order valence-electron chi connectivity index (χ1n) is 6.77. The van der Waals surface area contributed by atoms with Crippen molar-refractivity contribution in [2.45, 2.75) is 12.5 Å². The summed E-state index contributed by atoms with van der Waals surface area (Å²) in [5, 5.41) is 0. The second-order valence-electron chi connectivity index (χ2n) is 4.95. The van der Waals surface area contributed by atoms with Crippen LogP contribution in [0.3, 0.4) is 0 Å². The lowest BCUT2D eigenvalue weighted by atomic mass is 10.1. The topological polar surface area (TPSA) is 25.4 Å². The van der Waals surface area contributed by atoms with Crippen LogP contribution in [0.15, 0.2) is 42.6 Å². The molecule has 1 fully saturated rings. The Labute approximate surface area is 118 Å². The highest BCUT2D eigenvalue weighted by Gasteiger charge is 2.25. The minimum atomic E-state index is -0.254. The fraction of sp³-hybridized carbons (Fsp3) is 0.312. The molecule has 1 unspecified atom stereocenters. The second kappa shape index (κ2) is 5.59. The lowest BCUT2D eigenvalue weighted by molar-refractivity contribution is 0.121. The van der Waals surface area contributed by atoms with E-state index in [1.165, 1.54) is 0 Å². The Bertz CT molecular complexity index is 588. The number of ether oxygens (including phenoxy) is 1. The monoisotopic (exact) mass is 272 g/mol. The maximum Gasteiger partial charge on any atom is 0.172 e. The van der Waals surface area contributed by atoms with E-state index < -0.39 is 0 Å². The van der Waals surface area contributed by atoms with Crippen molar-refractivity contribution in [3.05, 3.63) is 48.4 Å². The molecule has 1 aliphatic heterocycles. The molecule has 20 heavy (non-hydrogen) atoms. The minimum absolute atomic E-state index is 0.183. The highest BCUT2D eigenvalue weighted by molar-refractivity contribution is 5.66. The van der Waals surface area contributed by atoms with E-state index in [0.29, 0.717) is 11.4 Å². The maximum atomic E-state index is 14.7. The summed E-state index contributed by atoms with van der Waals surface area (Å²) in [4.78, 5) is 6.21. The van der Waals surface area contributed by atoms with E-state index in [-0.39, 0.29) is 11.9 Å². The summed E-state index contributed by atoms with van der Waals surface area (Å²) in [6.07, 6.45) is 2.78. The molecule has 2 heterocycles. The zero-order chi connectivity index (χ0) is 13.9. The van der Waals surface area contributed by atoms with E-state index in [4.69, 9.17) is 4.74 Å². The molecule has 0 saturated carbocycles. The molecule has 0 amide bonds. The molecule has 4 heteroatoms. The van der Waals surface area contributed by atoms with Crippen molar-refractivity contribution in [2.75, 3.05) is 25.1 Å². The molecule has 104 valence electrons. The van der Waals surface area contributed by atoms with Gasteiger partial charge in [0.1, 0.15) is 5.69 Å². The van der Waals surface area contributed by atoms with E-state index in [2.05, 4.69) is 4.98 Å². The normalized spacial score (nSPS) is 18.5. The van der Waals surface area contributed by atoms with Gasteiger partial charge in [0.15, 0.2) is 5.82 Å². The molecule has 1 atom stereocenters. The van der Waals surface area contributed by atoms with Gasteiger partial charge in [-0.05, 0) is 12.5 Å². The summed E-state index contributed by atoms with van der Waals surface area (Å²) < 4.78 is 20.0. The van der Waals surface area contributed by atoms with Gasteiger partial charge in [0, 0.05) is 32.0 Å². The van der Waals surface area contributed by atoms with Crippen LogP contribution in [-0.4, -0.2) is 31.3 Å². The third-order valence-corrected chi connectivity index (χ3v) is 3.74. The summed E-state index contributed by atoms with van der Waals surface area (Å²) in [5.74, 6) is -0.254. The summed E-state index contributed by atoms with van der Waals surface area (Å²) in [6.45, 7) is 1.54. The van der Waals surface area contributed by atoms with Gasteiger partial charge in [0.2, 0.25) is 0 Å². The Kier molecular flexibility index (Phi) is 3.65. The maximum absolute atomic E-state index is 14.7. The number of hydrogen-bond acceptors (Lipinski definition) is 3. The molecule has 3 rings (SSSR count). The molecule has 1 aliphatic rings. The molecule has 0 aliphatic carbocycles. The van der Waals surface area contributed by atoms with Crippen molar-refractivity contribution in [3.63, 3.8) is 0 Å². The third-order valence-electron chi connectivity index (χ3n) is 3.74. The number of anilines is 1. The first-order chi connectivity index (χ1) is 9.79. The molecular weight excluding hydrogens is 255 g/mol. The number of methoxy groups -OCH3 is 1. The highest BCUT2D eigenvalue weighted by Crippen LogP contribution is 2.30. The van der Waals surface area contributed by atoms with Crippen LogP contribution in [0.4, 0.5) is 10.1 Å². The number of benzene rings is 1. The number of rotatable bonds is 3. The number of nitrogens with zero attached hydrogens (tertiary/aromatic N) is 2. The first-order valence-corrected chi connectivity index (χ1v) is 6.77. The summed E-state index contributed by atoms with van der Waals surface area (Å²) in [7, 11) is 1.70. The first kappa shape index (κ1) is 13.1. The average Bonchev–Trinajstić information content (AvgIpc) is 2.97. The fourth-order valence-electron chi connectivity index (χ4n) is 2.61. The molecular formula is C16H17FN2O. The SMILES string of the molecule is COC1CCN(c2ccnc(-c3ccccc3)c2F)C1. The lowest BCUT2D eigenvalue weighted by Crippen LogP contribution is -2.23. The summed E-state index contributed by atoms with van der Waals surface area (Å²) in [6, 6.07) is 11.2. The molecule has 0 spiro atoms. The van der Waals surface area contributed by atoms with E-state index in [0.717, 1.165) is 25.1 Å². The Hall–Kier alpha value is -1.94. The summed E-state index contributed by atoms with van der Waals surface area (Å²) in [5.41, 5.74) is 1.82. The molecule has 3 nitrogen and oxygen atoms in total. The molecule has 0 radical (unpaired) electrons. The number of aromatic nitrogens is 1. The van der Waals surface area contributed by atoms with Gasteiger partial charge in [0.25, 0.3) is 0 Å². The van der Waals surface area contributed by atoms with E-state index in [1.807, 2.05) is 35.2 Å². The van der Waals surface area contributed by atoms with Crippen LogP contribution in [0, 0.1) is 5.82 Å². The molecule has 1 saturated heterocycles. The van der Waals surface area contributed by atoms with Gasteiger partial charge in [-0.3, -0.25) is 4.98 Å². The van der Waals surface area contributed by atoms with Gasteiger partial charge in [-0.25, -0.2) is 4.39 Å². The Balaban J connectivity index is 1.94. The van der Waals surface area contributed by atoms with Crippen LogP contribution in [0.1, 0.15) is 6.42 Å². The molecule has 2 aromatic rings. The standard InChI is InChI=1S/C16H17FN2O/c1-20-13-8-10-19(11-13)14-7-9-18-16(15(14)17)12-5-3-2-4-6-12/h2-7,9,13H,8,10-11H2,1H3. The average molecular weight is 272 g/mol. The zero-order valence-corrected chi connectivity index (χ0v) is 11.4. The smallest absolute Gasteiger partial charge is 0.172 e. The van der Waals surface area contributed by atoms with E-state index in [1.54, 1.807) is 19.4 Å². The van der Waals surface area contributed by atoms with Crippen molar-refractivity contribution in [2.24, 2.45) is 0 Å². The number of hydrogen-bond donors (Lipinski definition) is 0. The van der Waals surface area contributed by atoms with Crippen molar-refractivity contribution in [3.8, 4) is 11.3 Å². The van der Waals surface area contributed by atoms with Crippen LogP contribution < -0.4 is 4.90 Å². The van der Waals surface area contributed by atoms with Gasteiger partial charge in [-0.15, -0.1) is 0 Å². The van der Waals surface area contributed by atoms with Crippen molar-refractivity contribution in [1.29, 1.82) is 0 Å². The Morgan fingerprint density at radius 2 is 2.05 bits per heavy atom. The largest absolute Gasteiger partial charge is 0.380 e. The number of pyridine rings is 1. The Morgan fingerprint density at radius 1 is 1.25 bits per heavy atom. The van der Waals surface area contributed by atoms with Gasteiger partial charge in [-0.1, -0.05) is 30.3 Å². The lowest BCUT2D eigenvalue weighted by Gasteiger charge is -2.20. The molecule has 0 bridgehead atoms.